The van der Waals surface area contributed by atoms with Gasteiger partial charge in [-0.25, -0.2) is 0 Å². The number of aliphatic carboxylic acids is 1. The third kappa shape index (κ3) is 6.44. The number of hydrogen-bond donors (Lipinski definition) is 2. The van der Waals surface area contributed by atoms with Crippen LogP contribution in [0, 0.1) is 5.41 Å². The van der Waals surface area contributed by atoms with Gasteiger partial charge >= 0.3 is 5.97 Å². The van der Waals surface area contributed by atoms with Crippen LogP contribution in [0.5, 0.6) is 5.75 Å². The first kappa shape index (κ1) is 33.2. The predicted molar refractivity (Wildman–Crippen MR) is 186 cm³/mol. The highest BCUT2D eigenvalue weighted by Gasteiger charge is 2.45. The smallest absolute Gasteiger partial charge is 0.303 e. The lowest BCUT2D eigenvalue weighted by molar-refractivity contribution is -0.438. The molecular formula is C38H47N2O6S+. The van der Waals surface area contributed by atoms with Gasteiger partial charge in [-0.2, -0.15) is 13.0 Å². The Bertz CT molecular complexity index is 1850. The number of allylic oxidation sites excluding steroid dienone is 6. The minimum Gasteiger partial charge on any atom is -0.481 e. The van der Waals surface area contributed by atoms with Gasteiger partial charge in [-0.15, -0.1) is 0 Å². The molecule has 0 fully saturated rings. The molecule has 0 spiro atoms. The van der Waals surface area contributed by atoms with Gasteiger partial charge in [0.25, 0.3) is 10.1 Å². The molecule has 47 heavy (non-hydrogen) atoms. The summed E-state index contributed by atoms with van der Waals surface area (Å²) in [5.41, 5.74) is 8.38. The molecule has 0 radical (unpaired) electrons. The lowest BCUT2D eigenvalue weighted by Gasteiger charge is -2.40. The van der Waals surface area contributed by atoms with E-state index < -0.39 is 21.5 Å². The maximum Gasteiger partial charge on any atom is 0.303 e. The van der Waals surface area contributed by atoms with Crippen molar-refractivity contribution in [3.05, 3.63) is 76.6 Å². The standard InChI is InChI=1S/C38H46N2O6S/c1-37(2,3)33-23-25(29-22-26-13-10-19-39-20-11-14-28(35(26)39)36(29)46-33)12-9-15-32-38(4,5)30-24-27(47(43,44)45)17-18-31(30)40(32)21-8-6-7-16-34(41)42/h9,12,15,17-18,22-24H,6-8,10-11,13-14,16,19-21H2,1-5H3,(H-,41,42,43,44,45)/p+1. The molecule has 8 nitrogen and oxygen atoms in total. The van der Waals surface area contributed by atoms with E-state index in [2.05, 4.69) is 74.5 Å². The Kier molecular flexibility index (Phi) is 8.76. The van der Waals surface area contributed by atoms with Gasteiger partial charge in [0.05, 0.1) is 10.3 Å². The molecule has 0 atom stereocenters. The molecule has 0 unspecified atom stereocenters. The second-order valence-electron chi connectivity index (χ2n) is 14.8. The third-order valence-corrected chi connectivity index (χ3v) is 10.8. The zero-order valence-electron chi connectivity index (χ0n) is 28.2. The van der Waals surface area contributed by atoms with E-state index in [-0.39, 0.29) is 16.7 Å². The average molecular weight is 660 g/mol. The number of ether oxygens (including phenoxy) is 1. The molecule has 4 aliphatic heterocycles. The molecule has 0 saturated heterocycles. The van der Waals surface area contributed by atoms with Crippen molar-refractivity contribution in [3.63, 3.8) is 0 Å². The van der Waals surface area contributed by atoms with Crippen LogP contribution in [0.1, 0.15) is 95.4 Å². The van der Waals surface area contributed by atoms with Crippen molar-refractivity contribution < 1.29 is 32.2 Å². The maximum atomic E-state index is 12.1. The van der Waals surface area contributed by atoms with Crippen LogP contribution in [0.4, 0.5) is 11.4 Å². The first-order valence-electron chi connectivity index (χ1n) is 16.9. The zero-order chi connectivity index (χ0) is 33.7. The lowest BCUT2D eigenvalue weighted by atomic mass is 9.81. The van der Waals surface area contributed by atoms with E-state index in [0.29, 0.717) is 13.0 Å². The van der Waals surface area contributed by atoms with Crippen LogP contribution in [0.25, 0.3) is 5.57 Å². The van der Waals surface area contributed by atoms with Gasteiger partial charge in [0.2, 0.25) is 5.69 Å². The van der Waals surface area contributed by atoms with Crippen LogP contribution >= 0.6 is 0 Å². The Balaban J connectivity index is 1.41. The summed E-state index contributed by atoms with van der Waals surface area (Å²) in [6, 6.07) is 7.13. The minimum atomic E-state index is -4.36. The molecule has 6 rings (SSSR count). The van der Waals surface area contributed by atoms with Crippen LogP contribution in [-0.2, 0) is 33.2 Å². The number of nitrogens with zero attached hydrogens (tertiary/aromatic N) is 2. The summed E-state index contributed by atoms with van der Waals surface area (Å²) in [7, 11) is -4.36. The summed E-state index contributed by atoms with van der Waals surface area (Å²) in [6.07, 6.45) is 15.2. The monoisotopic (exact) mass is 659 g/mol. The van der Waals surface area contributed by atoms with E-state index in [1.165, 1.54) is 22.9 Å². The number of hydrogen-bond acceptors (Lipinski definition) is 5. The highest BCUT2D eigenvalue weighted by atomic mass is 32.2. The number of fused-ring (bicyclic) bond motifs is 3. The number of aryl methyl sites for hydroxylation is 1. The number of benzene rings is 2. The molecule has 2 aromatic rings. The van der Waals surface area contributed by atoms with Crippen LogP contribution in [0.2, 0.25) is 0 Å². The van der Waals surface area contributed by atoms with Gasteiger partial charge in [0, 0.05) is 65.9 Å². The number of carboxylic acid groups (broad SMARTS) is 1. The van der Waals surface area contributed by atoms with Crippen LogP contribution in [0.3, 0.4) is 0 Å². The van der Waals surface area contributed by atoms with Gasteiger partial charge in [-0.3, -0.25) is 9.35 Å². The number of carboxylic acids is 1. The Morgan fingerprint density at radius 1 is 1.09 bits per heavy atom. The average Bonchev–Trinajstić information content (AvgIpc) is 3.21. The second kappa shape index (κ2) is 12.4. The summed E-state index contributed by atoms with van der Waals surface area (Å²) in [4.78, 5) is 13.5. The van der Waals surface area contributed by atoms with E-state index in [4.69, 9.17) is 9.84 Å². The van der Waals surface area contributed by atoms with Crippen molar-refractivity contribution in [2.45, 2.75) is 96.3 Å². The van der Waals surface area contributed by atoms with Crippen molar-refractivity contribution in [2.75, 3.05) is 24.5 Å². The number of carbonyl (C=O) groups is 1. The highest BCUT2D eigenvalue weighted by Crippen LogP contribution is 2.49. The molecule has 4 aliphatic rings. The van der Waals surface area contributed by atoms with Gasteiger partial charge in [0.1, 0.15) is 18.1 Å². The zero-order valence-corrected chi connectivity index (χ0v) is 29.0. The summed E-state index contributed by atoms with van der Waals surface area (Å²) in [6.45, 7) is 13.5. The molecule has 4 heterocycles. The van der Waals surface area contributed by atoms with Gasteiger partial charge in [-0.05, 0) is 87.8 Å². The first-order valence-corrected chi connectivity index (χ1v) is 18.3. The van der Waals surface area contributed by atoms with Crippen molar-refractivity contribution in [2.24, 2.45) is 5.41 Å². The molecule has 250 valence electrons. The fourth-order valence-corrected chi connectivity index (χ4v) is 8.06. The number of unbranched alkanes of at least 4 members (excludes halogenated alkanes) is 2. The predicted octanol–water partition coefficient (Wildman–Crippen LogP) is 7.62. The van der Waals surface area contributed by atoms with Crippen molar-refractivity contribution in [1.82, 2.24) is 0 Å². The maximum absolute atomic E-state index is 12.1. The lowest BCUT2D eigenvalue weighted by Crippen LogP contribution is -2.35. The molecule has 0 aliphatic carbocycles. The van der Waals surface area contributed by atoms with Crippen molar-refractivity contribution in [3.8, 4) is 5.75 Å². The highest BCUT2D eigenvalue weighted by molar-refractivity contribution is 7.85. The summed E-state index contributed by atoms with van der Waals surface area (Å²) < 4.78 is 42.9. The Morgan fingerprint density at radius 3 is 2.53 bits per heavy atom. The van der Waals surface area contributed by atoms with E-state index in [0.717, 1.165) is 91.2 Å². The molecule has 0 saturated carbocycles. The van der Waals surface area contributed by atoms with Crippen molar-refractivity contribution >= 4 is 38.7 Å². The first-order chi connectivity index (χ1) is 22.2. The van der Waals surface area contributed by atoms with Crippen LogP contribution in [-0.4, -0.2) is 54.0 Å². The van der Waals surface area contributed by atoms with Crippen LogP contribution in [0.15, 0.2) is 59.2 Å². The van der Waals surface area contributed by atoms with E-state index >= 15 is 0 Å². The fourth-order valence-electron chi connectivity index (χ4n) is 7.55. The molecular weight excluding hydrogens is 612 g/mol. The van der Waals surface area contributed by atoms with Crippen molar-refractivity contribution in [1.29, 1.82) is 0 Å². The summed E-state index contributed by atoms with van der Waals surface area (Å²) in [5.74, 6) is 1.14. The topological polar surface area (TPSA) is 107 Å². The molecule has 9 heteroatoms. The van der Waals surface area contributed by atoms with Gasteiger partial charge in [0.15, 0.2) is 5.71 Å². The molecule has 0 amide bonds. The third-order valence-electron chi connectivity index (χ3n) is 9.98. The Labute approximate surface area is 278 Å². The van der Waals surface area contributed by atoms with E-state index in [1.807, 2.05) is 0 Å². The molecule has 2 aromatic carbocycles. The van der Waals surface area contributed by atoms with E-state index in [1.54, 1.807) is 12.1 Å². The van der Waals surface area contributed by atoms with Gasteiger partial charge < -0.3 is 14.7 Å². The Morgan fingerprint density at radius 2 is 1.83 bits per heavy atom. The second-order valence-corrected chi connectivity index (χ2v) is 16.2. The summed E-state index contributed by atoms with van der Waals surface area (Å²) in [5, 5.41) is 9.07. The molecule has 2 N–H and O–H groups in total. The normalized spacial score (nSPS) is 19.4. The Hall–Kier alpha value is -3.69. The SMILES string of the molecule is CC(C)(C)C1=CC(=CC=CC2=[N+](CCCCCC(=O)O)c3ccc(S(=O)(=O)O)cc3C2(C)C)c2cc3c4c(c2O1)CCCN4CCC3. The molecule has 0 aromatic heterocycles. The van der Waals surface area contributed by atoms with E-state index in [9.17, 15) is 17.8 Å². The molecule has 0 bridgehead atoms. The van der Waals surface area contributed by atoms with Gasteiger partial charge in [-0.1, -0.05) is 32.9 Å². The minimum absolute atomic E-state index is 0.123. The quantitative estimate of drug-likeness (QED) is 0.162. The fraction of sp³-hybridized carbons (Fsp3) is 0.474. The largest absolute Gasteiger partial charge is 0.481 e. The number of anilines is 1. The summed E-state index contributed by atoms with van der Waals surface area (Å²) >= 11 is 0. The van der Waals surface area contributed by atoms with Crippen LogP contribution < -0.4 is 9.64 Å². The number of rotatable bonds is 9.